The number of fused-ring (bicyclic) bond motifs is 1. The van der Waals surface area contributed by atoms with Crippen LogP contribution in [0.5, 0.6) is 5.75 Å². The van der Waals surface area contributed by atoms with Crippen LogP contribution in [-0.2, 0) is 16.8 Å². The molecule has 0 saturated heterocycles. The predicted molar refractivity (Wildman–Crippen MR) is 134 cm³/mol. The molecule has 40 heavy (non-hydrogen) atoms. The number of primary amides is 1. The summed E-state index contributed by atoms with van der Waals surface area (Å²) in [6, 6.07) is 7.12. The van der Waals surface area contributed by atoms with Crippen molar-refractivity contribution in [3.05, 3.63) is 77.1 Å². The number of carbonyl (C=O) groups excluding carboxylic acids is 2. The molecule has 210 valence electrons. The summed E-state index contributed by atoms with van der Waals surface area (Å²) in [5, 5.41) is 17.1. The lowest BCUT2D eigenvalue weighted by Gasteiger charge is -2.31. The Kier molecular flexibility index (Phi) is 7.73. The summed E-state index contributed by atoms with van der Waals surface area (Å²) < 4.78 is 63.9. The van der Waals surface area contributed by atoms with Crippen LogP contribution in [0.3, 0.4) is 0 Å². The van der Waals surface area contributed by atoms with Gasteiger partial charge in [0, 0.05) is 23.0 Å². The van der Waals surface area contributed by atoms with Crippen molar-refractivity contribution in [1.82, 2.24) is 24.9 Å². The van der Waals surface area contributed by atoms with Crippen LogP contribution in [0.25, 0.3) is 16.9 Å². The molecular formula is C26H24F4N6O4. The summed E-state index contributed by atoms with van der Waals surface area (Å²) in [5.41, 5.74) is 1.08. The summed E-state index contributed by atoms with van der Waals surface area (Å²) in [6.45, 7) is 1.97. The van der Waals surface area contributed by atoms with E-state index in [1.54, 1.807) is 19.9 Å². The van der Waals surface area contributed by atoms with Crippen LogP contribution in [0.1, 0.15) is 34.2 Å². The third kappa shape index (κ3) is 5.57. The first-order valence-electron chi connectivity index (χ1n) is 11.9. The first-order valence-corrected chi connectivity index (χ1v) is 11.9. The lowest BCUT2D eigenvalue weighted by Crippen LogP contribution is -2.51. The Morgan fingerprint density at radius 2 is 1.85 bits per heavy atom. The number of amides is 2. The van der Waals surface area contributed by atoms with Gasteiger partial charge in [-0.1, -0.05) is 0 Å². The third-order valence-corrected chi connectivity index (χ3v) is 5.97. The summed E-state index contributed by atoms with van der Waals surface area (Å²) >= 11 is 0. The number of rotatable bonds is 9. The normalized spacial score (nSPS) is 13.2. The molecule has 1 aromatic carbocycles. The molecule has 14 heteroatoms. The van der Waals surface area contributed by atoms with Crippen LogP contribution in [0, 0.1) is 12.7 Å². The number of pyridine rings is 1. The number of nitrogens with zero attached hydrogens (tertiary/aromatic N) is 4. The van der Waals surface area contributed by atoms with Gasteiger partial charge in [-0.25, -0.2) is 18.9 Å². The van der Waals surface area contributed by atoms with Gasteiger partial charge >= 0.3 is 6.18 Å². The van der Waals surface area contributed by atoms with E-state index < -0.39 is 48.1 Å². The molecule has 1 atom stereocenters. The molecule has 0 bridgehead atoms. The topological polar surface area (TPSA) is 145 Å². The maximum atomic E-state index is 14.5. The van der Waals surface area contributed by atoms with E-state index in [1.165, 1.54) is 22.8 Å². The van der Waals surface area contributed by atoms with Crippen molar-refractivity contribution in [2.24, 2.45) is 5.73 Å². The van der Waals surface area contributed by atoms with Crippen molar-refractivity contribution in [2.75, 3.05) is 13.2 Å². The van der Waals surface area contributed by atoms with Gasteiger partial charge in [0.25, 0.3) is 5.91 Å². The van der Waals surface area contributed by atoms with Crippen LogP contribution < -0.4 is 15.8 Å². The number of nitrogens with two attached hydrogens (primary N) is 1. The molecule has 2 amide bonds. The minimum atomic E-state index is -5.35. The summed E-state index contributed by atoms with van der Waals surface area (Å²) in [4.78, 5) is 32.9. The standard InChI is InChI=1S/C26H24F4N6O4/c1-3-40-22-16(11-20(31)37)10-19(35-21(22)15-4-6-17(27)7-5-15)25(39,26(28,29)30)13-32-24(38)18-12-33-36-9-8-14(2)34-23(18)36/h4-10,12,39H,3,11,13H2,1-2H3,(H2,31,37)(H,32,38)/t25-/m0/s1. The van der Waals surface area contributed by atoms with E-state index >= 15 is 0 Å². The van der Waals surface area contributed by atoms with Crippen LogP contribution in [0.15, 0.2) is 48.8 Å². The van der Waals surface area contributed by atoms with Crippen molar-refractivity contribution in [1.29, 1.82) is 0 Å². The SMILES string of the molecule is CCOc1c(CC(N)=O)cc([C@@](O)(CNC(=O)c2cnn3ccc(C)nc23)C(F)(F)F)nc1-c1ccc(F)cc1. The van der Waals surface area contributed by atoms with E-state index in [0.29, 0.717) is 5.69 Å². The molecule has 0 fully saturated rings. The average Bonchev–Trinajstić information content (AvgIpc) is 3.30. The number of benzene rings is 1. The molecular weight excluding hydrogens is 536 g/mol. The number of hydrogen-bond donors (Lipinski definition) is 3. The molecule has 0 radical (unpaired) electrons. The zero-order chi connectivity index (χ0) is 29.2. The Morgan fingerprint density at radius 1 is 1.15 bits per heavy atom. The number of aryl methyl sites for hydroxylation is 1. The van der Waals surface area contributed by atoms with E-state index in [-0.39, 0.29) is 40.4 Å². The fraction of sp³-hybridized carbons (Fsp3) is 0.269. The smallest absolute Gasteiger partial charge is 0.424 e. The fourth-order valence-electron chi connectivity index (χ4n) is 3.98. The molecule has 4 aromatic rings. The zero-order valence-corrected chi connectivity index (χ0v) is 21.3. The van der Waals surface area contributed by atoms with Gasteiger partial charge in [0.1, 0.15) is 22.8 Å². The number of ether oxygens (including phenoxy) is 1. The first kappa shape index (κ1) is 28.4. The Balaban J connectivity index is 1.81. The highest BCUT2D eigenvalue weighted by molar-refractivity contribution is 5.99. The van der Waals surface area contributed by atoms with Gasteiger partial charge in [-0.3, -0.25) is 9.59 Å². The van der Waals surface area contributed by atoms with Gasteiger partial charge in [0.05, 0.1) is 31.5 Å². The van der Waals surface area contributed by atoms with Crippen LogP contribution in [0.4, 0.5) is 17.6 Å². The Hall–Kier alpha value is -4.59. The van der Waals surface area contributed by atoms with E-state index in [1.807, 2.05) is 0 Å². The van der Waals surface area contributed by atoms with E-state index in [4.69, 9.17) is 10.5 Å². The second-order valence-corrected chi connectivity index (χ2v) is 8.86. The van der Waals surface area contributed by atoms with E-state index in [0.717, 1.165) is 24.4 Å². The lowest BCUT2D eigenvalue weighted by atomic mass is 9.93. The molecule has 3 aromatic heterocycles. The molecule has 4 N–H and O–H groups in total. The highest BCUT2D eigenvalue weighted by Gasteiger charge is 2.56. The highest BCUT2D eigenvalue weighted by atomic mass is 19.4. The van der Waals surface area contributed by atoms with Gasteiger partial charge in [-0.05, 0) is 50.2 Å². The predicted octanol–water partition coefficient (Wildman–Crippen LogP) is 2.85. The van der Waals surface area contributed by atoms with Crippen molar-refractivity contribution in [2.45, 2.75) is 32.0 Å². The average molecular weight is 561 g/mol. The van der Waals surface area contributed by atoms with Crippen LogP contribution in [0.2, 0.25) is 0 Å². The quantitative estimate of drug-likeness (QED) is 0.267. The first-order chi connectivity index (χ1) is 18.8. The maximum Gasteiger partial charge on any atom is 0.424 e. The van der Waals surface area contributed by atoms with Crippen molar-refractivity contribution >= 4 is 17.5 Å². The second-order valence-electron chi connectivity index (χ2n) is 8.86. The fourth-order valence-corrected chi connectivity index (χ4v) is 3.98. The van der Waals surface area contributed by atoms with E-state index in [2.05, 4.69) is 20.4 Å². The molecule has 10 nitrogen and oxygen atoms in total. The Labute approximate surface area is 224 Å². The molecule has 0 aliphatic rings. The van der Waals surface area contributed by atoms with E-state index in [9.17, 15) is 32.3 Å². The number of nitrogens with one attached hydrogen (secondary N) is 1. The van der Waals surface area contributed by atoms with Gasteiger partial charge < -0.3 is 20.9 Å². The number of halogens is 4. The number of carbonyl (C=O) groups is 2. The zero-order valence-electron chi connectivity index (χ0n) is 21.3. The monoisotopic (exact) mass is 560 g/mol. The van der Waals surface area contributed by atoms with Gasteiger partial charge in [-0.15, -0.1) is 0 Å². The molecule has 0 saturated carbocycles. The Bertz CT molecular complexity index is 1570. The number of aliphatic hydroxyl groups is 1. The van der Waals surface area contributed by atoms with Crippen molar-refractivity contribution in [3.63, 3.8) is 0 Å². The largest absolute Gasteiger partial charge is 0.491 e. The Morgan fingerprint density at radius 3 is 2.48 bits per heavy atom. The molecule has 0 unspecified atom stereocenters. The van der Waals surface area contributed by atoms with Crippen LogP contribution >= 0.6 is 0 Å². The third-order valence-electron chi connectivity index (χ3n) is 5.97. The minimum Gasteiger partial charge on any atom is -0.491 e. The van der Waals surface area contributed by atoms with Gasteiger partial charge in [-0.2, -0.15) is 18.3 Å². The van der Waals surface area contributed by atoms with Gasteiger partial charge in [0.15, 0.2) is 5.65 Å². The number of aromatic nitrogens is 4. The molecule has 0 aliphatic heterocycles. The van der Waals surface area contributed by atoms with Crippen molar-refractivity contribution < 1.29 is 37.0 Å². The molecule has 0 spiro atoms. The summed E-state index contributed by atoms with van der Waals surface area (Å²) in [7, 11) is 0. The lowest BCUT2D eigenvalue weighted by molar-refractivity contribution is -0.265. The van der Waals surface area contributed by atoms with Crippen molar-refractivity contribution in [3.8, 4) is 17.0 Å². The maximum absolute atomic E-state index is 14.5. The van der Waals surface area contributed by atoms with Gasteiger partial charge in [0.2, 0.25) is 11.5 Å². The summed E-state index contributed by atoms with van der Waals surface area (Å²) in [5.74, 6) is -2.53. The minimum absolute atomic E-state index is 0.0493. The molecule has 3 heterocycles. The second kappa shape index (κ2) is 10.9. The number of alkyl halides is 3. The molecule has 0 aliphatic carbocycles. The van der Waals surface area contributed by atoms with Crippen LogP contribution in [-0.4, -0.2) is 55.8 Å². The summed E-state index contributed by atoms with van der Waals surface area (Å²) in [6.07, 6.45) is -3.23. The molecule has 4 rings (SSSR count). The number of hydrogen-bond acceptors (Lipinski definition) is 7. The highest BCUT2D eigenvalue weighted by Crippen LogP contribution is 2.42.